The van der Waals surface area contributed by atoms with Gasteiger partial charge in [-0.3, -0.25) is 5.84 Å². The molecular weight excluding hydrogens is 176 g/mol. The highest BCUT2D eigenvalue weighted by molar-refractivity contribution is 5.45. The number of nitrogens with one attached hydrogen (secondary N) is 1. The number of benzene rings is 1. The fourth-order valence-electron chi connectivity index (χ4n) is 1.33. The molecule has 3 nitrogen and oxygen atoms in total. The van der Waals surface area contributed by atoms with Gasteiger partial charge < -0.3 is 10.2 Å². The van der Waals surface area contributed by atoms with Gasteiger partial charge in [0.15, 0.2) is 0 Å². The molecule has 0 heterocycles. The van der Waals surface area contributed by atoms with Crippen molar-refractivity contribution >= 4 is 5.69 Å². The highest BCUT2D eigenvalue weighted by Gasteiger charge is 2.01. The van der Waals surface area contributed by atoms with Crippen molar-refractivity contribution in [3.8, 4) is 5.75 Å². The zero-order valence-electron chi connectivity index (χ0n) is 8.79. The van der Waals surface area contributed by atoms with E-state index in [2.05, 4.69) is 19.3 Å². The van der Waals surface area contributed by atoms with Crippen LogP contribution >= 0.6 is 0 Å². The standard InChI is InChI=1S/C11H18N2O/c1-3-4-9(2)14-11-7-5-10(13-12)6-8-11/h5-9,13H,3-4,12H2,1-2H3. The fraction of sp³-hybridized carbons (Fsp3) is 0.455. The van der Waals surface area contributed by atoms with Gasteiger partial charge in [0.1, 0.15) is 5.75 Å². The van der Waals surface area contributed by atoms with E-state index in [9.17, 15) is 0 Å². The number of nitrogens with two attached hydrogens (primary N) is 1. The topological polar surface area (TPSA) is 47.3 Å². The van der Waals surface area contributed by atoms with Crippen LogP contribution in [0.1, 0.15) is 26.7 Å². The maximum Gasteiger partial charge on any atom is 0.119 e. The van der Waals surface area contributed by atoms with Gasteiger partial charge in [0, 0.05) is 5.69 Å². The van der Waals surface area contributed by atoms with E-state index < -0.39 is 0 Å². The Bertz CT molecular complexity index is 258. The van der Waals surface area contributed by atoms with Crippen LogP contribution in [0.4, 0.5) is 5.69 Å². The average Bonchev–Trinajstić information content (AvgIpc) is 2.19. The maximum atomic E-state index is 5.69. The lowest BCUT2D eigenvalue weighted by molar-refractivity contribution is 0.210. The summed E-state index contributed by atoms with van der Waals surface area (Å²) in [5.41, 5.74) is 3.47. The quantitative estimate of drug-likeness (QED) is 0.559. The van der Waals surface area contributed by atoms with Gasteiger partial charge in [-0.25, -0.2) is 0 Å². The molecule has 1 rings (SSSR count). The Morgan fingerprint density at radius 1 is 1.36 bits per heavy atom. The third-order valence-electron chi connectivity index (χ3n) is 2.05. The molecule has 1 aromatic rings. The molecule has 1 unspecified atom stereocenters. The molecular formula is C11H18N2O. The molecule has 1 atom stereocenters. The van der Waals surface area contributed by atoms with Crippen LogP contribution < -0.4 is 16.0 Å². The molecule has 0 aliphatic carbocycles. The SMILES string of the molecule is CCCC(C)Oc1ccc(NN)cc1. The van der Waals surface area contributed by atoms with Gasteiger partial charge >= 0.3 is 0 Å². The first-order valence-corrected chi connectivity index (χ1v) is 4.99. The van der Waals surface area contributed by atoms with Crippen molar-refractivity contribution in [2.75, 3.05) is 5.43 Å². The highest BCUT2D eigenvalue weighted by atomic mass is 16.5. The Labute approximate surface area is 85.2 Å². The van der Waals surface area contributed by atoms with Crippen molar-refractivity contribution in [2.24, 2.45) is 5.84 Å². The molecule has 0 fully saturated rings. The van der Waals surface area contributed by atoms with Crippen LogP contribution in [0.3, 0.4) is 0 Å². The Morgan fingerprint density at radius 3 is 2.50 bits per heavy atom. The van der Waals surface area contributed by atoms with Gasteiger partial charge in [0.05, 0.1) is 6.10 Å². The minimum Gasteiger partial charge on any atom is -0.491 e. The van der Waals surface area contributed by atoms with Crippen LogP contribution in [0.5, 0.6) is 5.75 Å². The molecule has 3 heteroatoms. The van der Waals surface area contributed by atoms with Crippen LogP contribution in [0.2, 0.25) is 0 Å². The van der Waals surface area contributed by atoms with E-state index in [0.29, 0.717) is 0 Å². The van der Waals surface area contributed by atoms with Crippen molar-refractivity contribution in [3.63, 3.8) is 0 Å². The second kappa shape index (κ2) is 5.50. The van der Waals surface area contributed by atoms with E-state index in [0.717, 1.165) is 24.3 Å². The second-order valence-corrected chi connectivity index (χ2v) is 3.39. The van der Waals surface area contributed by atoms with Crippen LogP contribution in [0.25, 0.3) is 0 Å². The normalized spacial score (nSPS) is 12.2. The highest BCUT2D eigenvalue weighted by Crippen LogP contribution is 2.17. The van der Waals surface area contributed by atoms with Gasteiger partial charge in [0.2, 0.25) is 0 Å². The summed E-state index contributed by atoms with van der Waals surface area (Å²) in [5, 5.41) is 0. The Kier molecular flexibility index (Phi) is 4.26. The summed E-state index contributed by atoms with van der Waals surface area (Å²) in [6, 6.07) is 7.63. The third kappa shape index (κ3) is 3.26. The summed E-state index contributed by atoms with van der Waals surface area (Å²) >= 11 is 0. The van der Waals surface area contributed by atoms with Crippen molar-refractivity contribution in [2.45, 2.75) is 32.8 Å². The molecule has 1 aromatic carbocycles. The van der Waals surface area contributed by atoms with Crippen molar-refractivity contribution < 1.29 is 4.74 Å². The first kappa shape index (κ1) is 10.9. The first-order valence-electron chi connectivity index (χ1n) is 4.99. The van der Waals surface area contributed by atoms with E-state index in [1.807, 2.05) is 24.3 Å². The Balaban J connectivity index is 2.50. The summed E-state index contributed by atoms with van der Waals surface area (Å²) in [5.74, 6) is 6.15. The number of ether oxygens (including phenoxy) is 1. The molecule has 0 spiro atoms. The van der Waals surface area contributed by atoms with Gasteiger partial charge in [0.25, 0.3) is 0 Å². The van der Waals surface area contributed by atoms with Crippen LogP contribution in [-0.2, 0) is 0 Å². The van der Waals surface area contributed by atoms with Crippen LogP contribution in [-0.4, -0.2) is 6.10 Å². The Morgan fingerprint density at radius 2 is 2.00 bits per heavy atom. The first-order chi connectivity index (χ1) is 6.76. The Hall–Kier alpha value is -1.22. The summed E-state index contributed by atoms with van der Waals surface area (Å²) in [7, 11) is 0. The monoisotopic (exact) mass is 194 g/mol. The molecule has 0 amide bonds. The van der Waals surface area contributed by atoms with Crippen LogP contribution in [0, 0.1) is 0 Å². The summed E-state index contributed by atoms with van der Waals surface area (Å²) in [6.45, 7) is 4.24. The molecule has 0 aromatic heterocycles. The molecule has 14 heavy (non-hydrogen) atoms. The summed E-state index contributed by atoms with van der Waals surface area (Å²) in [6.07, 6.45) is 2.50. The van der Waals surface area contributed by atoms with E-state index >= 15 is 0 Å². The van der Waals surface area contributed by atoms with Crippen molar-refractivity contribution in [1.29, 1.82) is 0 Å². The molecule has 0 aliphatic rings. The summed E-state index contributed by atoms with van der Waals surface area (Å²) in [4.78, 5) is 0. The minimum absolute atomic E-state index is 0.275. The number of rotatable bonds is 5. The third-order valence-corrected chi connectivity index (χ3v) is 2.05. The van der Waals surface area contributed by atoms with Gasteiger partial charge in [-0.05, 0) is 37.6 Å². The molecule has 0 saturated heterocycles. The summed E-state index contributed by atoms with van der Waals surface area (Å²) < 4.78 is 5.69. The molecule has 0 radical (unpaired) electrons. The van der Waals surface area contributed by atoms with E-state index in [4.69, 9.17) is 10.6 Å². The minimum atomic E-state index is 0.275. The molecule has 0 saturated carbocycles. The van der Waals surface area contributed by atoms with Gasteiger partial charge in [-0.15, -0.1) is 0 Å². The largest absolute Gasteiger partial charge is 0.491 e. The van der Waals surface area contributed by atoms with Gasteiger partial charge in [-0.1, -0.05) is 13.3 Å². The van der Waals surface area contributed by atoms with E-state index in [1.165, 1.54) is 0 Å². The number of nitrogen functional groups attached to an aromatic ring is 1. The number of hydrazine groups is 1. The number of hydrogen-bond donors (Lipinski definition) is 2. The molecule has 0 aliphatic heterocycles. The zero-order valence-corrected chi connectivity index (χ0v) is 8.79. The molecule has 78 valence electrons. The smallest absolute Gasteiger partial charge is 0.119 e. The molecule has 3 N–H and O–H groups in total. The van der Waals surface area contributed by atoms with Crippen LogP contribution in [0.15, 0.2) is 24.3 Å². The zero-order chi connectivity index (χ0) is 10.4. The fourth-order valence-corrected chi connectivity index (χ4v) is 1.33. The number of hydrogen-bond acceptors (Lipinski definition) is 3. The van der Waals surface area contributed by atoms with Crippen molar-refractivity contribution in [3.05, 3.63) is 24.3 Å². The lowest BCUT2D eigenvalue weighted by atomic mass is 10.2. The lowest BCUT2D eigenvalue weighted by Gasteiger charge is -2.13. The van der Waals surface area contributed by atoms with E-state index in [1.54, 1.807) is 0 Å². The lowest BCUT2D eigenvalue weighted by Crippen LogP contribution is -2.11. The predicted octanol–water partition coefficient (Wildman–Crippen LogP) is 2.54. The van der Waals surface area contributed by atoms with E-state index in [-0.39, 0.29) is 6.10 Å². The molecule has 0 bridgehead atoms. The average molecular weight is 194 g/mol. The maximum absolute atomic E-state index is 5.69. The van der Waals surface area contributed by atoms with Gasteiger partial charge in [-0.2, -0.15) is 0 Å². The second-order valence-electron chi connectivity index (χ2n) is 3.39. The predicted molar refractivity (Wildman–Crippen MR) is 59.3 cm³/mol. The number of anilines is 1. The van der Waals surface area contributed by atoms with Crippen molar-refractivity contribution in [1.82, 2.24) is 0 Å².